The SMILES string of the molecule is C=CCC(=O)N=C(N)N.CC.CC.CC1=C(C)S(=O)Cc2ccccc2O1. The van der Waals surface area contributed by atoms with Crippen LogP contribution in [0.1, 0.15) is 53.5 Å². The summed E-state index contributed by atoms with van der Waals surface area (Å²) in [5.74, 6) is 1.56. The topological polar surface area (TPSA) is 108 Å². The van der Waals surface area contributed by atoms with Gasteiger partial charge in [-0.25, -0.2) is 0 Å². The average Bonchev–Trinajstić information content (AvgIpc) is 2.76. The highest BCUT2D eigenvalue weighted by atomic mass is 32.2. The molecule has 1 aromatic rings. The highest BCUT2D eigenvalue weighted by Crippen LogP contribution is 2.28. The molecule has 0 bridgehead atoms. The summed E-state index contributed by atoms with van der Waals surface area (Å²) < 4.78 is 17.4. The molecule has 0 radical (unpaired) electrons. The van der Waals surface area contributed by atoms with Gasteiger partial charge in [-0.3, -0.25) is 9.00 Å². The van der Waals surface area contributed by atoms with E-state index >= 15 is 0 Å². The van der Waals surface area contributed by atoms with E-state index in [0.717, 1.165) is 22.0 Å². The molecule has 1 aromatic carbocycles. The van der Waals surface area contributed by atoms with Crippen LogP contribution in [0.15, 0.2) is 52.6 Å². The van der Waals surface area contributed by atoms with Gasteiger partial charge in [0, 0.05) is 12.0 Å². The standard InChI is InChI=1S/C11H12O2S.C5H9N3O.2C2H6/c1-8-9(2)14(12)7-10-5-3-4-6-11(10)13-8;1-2-3-4(9)8-5(6)7;2*1-2/h3-6H,7H2,1-2H3;2H,1,3H2,(H4,6,7,8,9);2*1-2H3. The van der Waals surface area contributed by atoms with Gasteiger partial charge < -0.3 is 16.2 Å². The molecule has 0 aromatic heterocycles. The number of carbonyl (C=O) groups excluding carboxylic acids is 1. The van der Waals surface area contributed by atoms with Crippen molar-refractivity contribution in [3.8, 4) is 5.75 Å². The Morgan fingerprint density at radius 2 is 1.78 bits per heavy atom. The lowest BCUT2D eigenvalue weighted by Gasteiger charge is -2.06. The minimum atomic E-state index is -0.939. The number of allylic oxidation sites excluding steroid dienone is 2. The van der Waals surface area contributed by atoms with Crippen LogP contribution in [0.5, 0.6) is 5.75 Å². The Labute approximate surface area is 165 Å². The number of hydrogen-bond acceptors (Lipinski definition) is 3. The van der Waals surface area contributed by atoms with Gasteiger partial charge in [0.25, 0.3) is 5.91 Å². The fourth-order valence-corrected chi connectivity index (χ4v) is 2.78. The lowest BCUT2D eigenvalue weighted by atomic mass is 10.2. The predicted octanol–water partition coefficient (Wildman–Crippen LogP) is 3.99. The molecule has 1 amide bonds. The molecule has 1 unspecified atom stereocenters. The number of fused-ring (bicyclic) bond motifs is 1. The summed E-state index contributed by atoms with van der Waals surface area (Å²) in [4.78, 5) is 14.5. The minimum absolute atomic E-state index is 0.178. The van der Waals surface area contributed by atoms with Crippen LogP contribution in [0.3, 0.4) is 0 Å². The predicted molar refractivity (Wildman–Crippen MR) is 116 cm³/mol. The number of hydrogen-bond donors (Lipinski definition) is 2. The Morgan fingerprint density at radius 1 is 1.22 bits per heavy atom. The number of nitrogens with two attached hydrogens (primary N) is 2. The van der Waals surface area contributed by atoms with Gasteiger partial charge in [0.2, 0.25) is 0 Å². The lowest BCUT2D eigenvalue weighted by molar-refractivity contribution is -0.116. The molecule has 27 heavy (non-hydrogen) atoms. The first-order chi connectivity index (χ1) is 12.8. The van der Waals surface area contributed by atoms with Crippen LogP contribution in [0.4, 0.5) is 0 Å². The average molecular weight is 396 g/mol. The van der Waals surface area contributed by atoms with E-state index < -0.39 is 10.8 Å². The molecule has 0 saturated heterocycles. The van der Waals surface area contributed by atoms with Gasteiger partial charge in [0.05, 0.1) is 21.5 Å². The van der Waals surface area contributed by atoms with E-state index in [1.807, 2.05) is 65.8 Å². The smallest absolute Gasteiger partial charge is 0.252 e. The maximum atomic E-state index is 11.8. The largest absolute Gasteiger partial charge is 0.461 e. The summed E-state index contributed by atoms with van der Waals surface area (Å²) in [6.07, 6.45) is 1.62. The molecular formula is C20H33N3O3S. The molecule has 0 saturated carbocycles. The third kappa shape index (κ3) is 11.0. The molecule has 1 aliphatic heterocycles. The van der Waals surface area contributed by atoms with Crippen LogP contribution < -0.4 is 16.2 Å². The maximum Gasteiger partial charge on any atom is 0.252 e. The van der Waals surface area contributed by atoms with Gasteiger partial charge in [0.1, 0.15) is 11.5 Å². The third-order valence-corrected chi connectivity index (χ3v) is 4.48. The van der Waals surface area contributed by atoms with E-state index in [-0.39, 0.29) is 18.3 Å². The van der Waals surface area contributed by atoms with Crippen LogP contribution in [-0.2, 0) is 21.3 Å². The normalized spacial score (nSPS) is 14.1. The number of para-hydroxylation sites is 1. The molecule has 6 nitrogen and oxygen atoms in total. The molecule has 1 heterocycles. The van der Waals surface area contributed by atoms with Crippen LogP contribution in [0.2, 0.25) is 0 Å². The second-order valence-electron chi connectivity index (χ2n) is 4.74. The first kappa shape index (κ1) is 26.8. The minimum Gasteiger partial charge on any atom is -0.461 e. The molecule has 2 rings (SSSR count). The van der Waals surface area contributed by atoms with Crippen molar-refractivity contribution in [3.05, 3.63) is 53.1 Å². The zero-order valence-corrected chi connectivity index (χ0v) is 18.1. The number of carbonyl (C=O) groups is 1. The highest BCUT2D eigenvalue weighted by molar-refractivity contribution is 7.88. The van der Waals surface area contributed by atoms with Crippen molar-refractivity contribution in [2.45, 2.75) is 53.7 Å². The summed E-state index contributed by atoms with van der Waals surface area (Å²) in [7, 11) is -0.939. The molecule has 4 N–H and O–H groups in total. The molecule has 1 atom stereocenters. The summed E-state index contributed by atoms with van der Waals surface area (Å²) >= 11 is 0. The fourth-order valence-electron chi connectivity index (χ4n) is 1.68. The van der Waals surface area contributed by atoms with E-state index in [1.54, 1.807) is 0 Å². The van der Waals surface area contributed by atoms with Crippen molar-refractivity contribution in [2.75, 3.05) is 0 Å². The molecule has 0 spiro atoms. The van der Waals surface area contributed by atoms with Gasteiger partial charge in [-0.05, 0) is 19.9 Å². The second kappa shape index (κ2) is 15.8. The number of guanidine groups is 1. The molecule has 7 heteroatoms. The number of ether oxygens (including phenoxy) is 1. The van der Waals surface area contributed by atoms with E-state index in [4.69, 9.17) is 16.2 Å². The van der Waals surface area contributed by atoms with Gasteiger partial charge in [-0.1, -0.05) is 52.0 Å². The Bertz CT molecular complexity index is 679. The molecule has 152 valence electrons. The van der Waals surface area contributed by atoms with Crippen molar-refractivity contribution in [1.82, 2.24) is 0 Å². The first-order valence-corrected chi connectivity index (χ1v) is 10.2. The van der Waals surface area contributed by atoms with Crippen LogP contribution in [0, 0.1) is 0 Å². The van der Waals surface area contributed by atoms with Crippen LogP contribution in [-0.4, -0.2) is 16.1 Å². The summed E-state index contributed by atoms with van der Waals surface area (Å²) in [5, 5.41) is 0. The highest BCUT2D eigenvalue weighted by Gasteiger charge is 2.16. The molecule has 0 fully saturated rings. The number of nitrogens with zero attached hydrogens (tertiary/aromatic N) is 1. The van der Waals surface area contributed by atoms with Crippen LogP contribution in [0.25, 0.3) is 0 Å². The molecule has 0 aliphatic carbocycles. The molecular weight excluding hydrogens is 362 g/mol. The Hall–Kier alpha value is -2.41. The Kier molecular flexibility index (Phi) is 15.7. The van der Waals surface area contributed by atoms with E-state index in [0.29, 0.717) is 5.75 Å². The maximum absolute atomic E-state index is 11.8. The van der Waals surface area contributed by atoms with Crippen molar-refractivity contribution >= 4 is 22.7 Å². The van der Waals surface area contributed by atoms with Crippen molar-refractivity contribution in [3.63, 3.8) is 0 Å². The lowest BCUT2D eigenvalue weighted by Crippen LogP contribution is -2.24. The number of aliphatic imine (C=N–C) groups is 1. The van der Waals surface area contributed by atoms with E-state index in [2.05, 4.69) is 11.6 Å². The van der Waals surface area contributed by atoms with Crippen molar-refractivity contribution in [2.24, 2.45) is 16.5 Å². The Morgan fingerprint density at radius 3 is 2.30 bits per heavy atom. The fraction of sp³-hybridized carbons (Fsp3) is 0.400. The number of rotatable bonds is 2. The quantitative estimate of drug-likeness (QED) is 0.447. The zero-order chi connectivity index (χ0) is 21.4. The van der Waals surface area contributed by atoms with Gasteiger partial charge in [0.15, 0.2) is 5.96 Å². The summed E-state index contributed by atoms with van der Waals surface area (Å²) in [5.41, 5.74) is 10.8. The Balaban J connectivity index is 0. The summed E-state index contributed by atoms with van der Waals surface area (Å²) in [6.45, 7) is 15.1. The van der Waals surface area contributed by atoms with Crippen molar-refractivity contribution in [1.29, 1.82) is 0 Å². The molecule has 1 aliphatic rings. The number of amides is 1. The van der Waals surface area contributed by atoms with Gasteiger partial charge >= 0.3 is 0 Å². The van der Waals surface area contributed by atoms with E-state index in [1.165, 1.54) is 6.08 Å². The monoisotopic (exact) mass is 395 g/mol. The van der Waals surface area contributed by atoms with E-state index in [9.17, 15) is 9.00 Å². The van der Waals surface area contributed by atoms with Gasteiger partial charge in [-0.15, -0.1) is 6.58 Å². The first-order valence-electron chi connectivity index (χ1n) is 8.90. The van der Waals surface area contributed by atoms with Crippen LogP contribution >= 0.6 is 0 Å². The summed E-state index contributed by atoms with van der Waals surface area (Å²) in [6, 6.07) is 7.73. The van der Waals surface area contributed by atoms with Gasteiger partial charge in [-0.2, -0.15) is 4.99 Å². The zero-order valence-electron chi connectivity index (χ0n) is 17.2. The van der Waals surface area contributed by atoms with Crippen molar-refractivity contribution < 1.29 is 13.7 Å². The third-order valence-electron chi connectivity index (χ3n) is 2.93. The second-order valence-corrected chi connectivity index (χ2v) is 6.33. The number of benzene rings is 1.